The molecule has 0 aromatic carbocycles. The van der Waals surface area contributed by atoms with Crippen molar-refractivity contribution in [3.63, 3.8) is 0 Å². The molecule has 1 amide bonds. The monoisotopic (exact) mass is 289 g/mol. The SMILES string of the molecule is CCCn1ncc(C(=O)NC(CC)c2cnn(C)c2)c1C. The second kappa shape index (κ2) is 6.56. The number of aromatic nitrogens is 4. The summed E-state index contributed by atoms with van der Waals surface area (Å²) in [5.74, 6) is -0.0782. The second-order valence-electron chi connectivity index (χ2n) is 5.25. The van der Waals surface area contributed by atoms with Gasteiger partial charge in [0.05, 0.1) is 24.0 Å². The molecule has 6 heteroatoms. The summed E-state index contributed by atoms with van der Waals surface area (Å²) in [6, 6.07) is -0.0277. The van der Waals surface area contributed by atoms with Crippen molar-refractivity contribution >= 4 is 5.91 Å². The van der Waals surface area contributed by atoms with Gasteiger partial charge in [0.2, 0.25) is 0 Å². The predicted molar refractivity (Wildman–Crippen MR) is 81.0 cm³/mol. The van der Waals surface area contributed by atoms with Crippen LogP contribution < -0.4 is 5.32 Å². The Kier molecular flexibility index (Phi) is 4.77. The Morgan fingerprint density at radius 3 is 2.67 bits per heavy atom. The molecule has 0 aliphatic carbocycles. The molecular weight excluding hydrogens is 266 g/mol. The number of nitrogens with zero attached hydrogens (tertiary/aromatic N) is 4. The number of hydrogen-bond donors (Lipinski definition) is 1. The van der Waals surface area contributed by atoms with Crippen molar-refractivity contribution in [2.75, 3.05) is 0 Å². The van der Waals surface area contributed by atoms with Crippen molar-refractivity contribution in [3.05, 3.63) is 35.4 Å². The number of carbonyl (C=O) groups excluding carboxylic acids is 1. The predicted octanol–water partition coefficient (Wildman–Crippen LogP) is 2.22. The number of nitrogens with one attached hydrogen (secondary N) is 1. The molecule has 0 fully saturated rings. The molecule has 0 radical (unpaired) electrons. The normalized spacial score (nSPS) is 12.4. The molecular formula is C15H23N5O. The Bertz CT molecular complexity index is 613. The summed E-state index contributed by atoms with van der Waals surface area (Å²) >= 11 is 0. The Hall–Kier alpha value is -2.11. The number of amides is 1. The second-order valence-corrected chi connectivity index (χ2v) is 5.25. The molecule has 0 saturated carbocycles. The summed E-state index contributed by atoms with van der Waals surface area (Å²) in [6.45, 7) is 6.91. The van der Waals surface area contributed by atoms with Crippen LogP contribution in [0.4, 0.5) is 0 Å². The van der Waals surface area contributed by atoms with E-state index in [1.165, 1.54) is 0 Å². The minimum Gasteiger partial charge on any atom is -0.345 e. The van der Waals surface area contributed by atoms with Crippen molar-refractivity contribution in [1.82, 2.24) is 24.9 Å². The van der Waals surface area contributed by atoms with Gasteiger partial charge >= 0.3 is 0 Å². The highest BCUT2D eigenvalue weighted by atomic mass is 16.1. The third-order valence-corrected chi connectivity index (χ3v) is 3.62. The van der Waals surface area contributed by atoms with E-state index in [0.29, 0.717) is 5.56 Å². The highest BCUT2D eigenvalue weighted by molar-refractivity contribution is 5.95. The molecule has 2 aromatic heterocycles. The van der Waals surface area contributed by atoms with E-state index in [4.69, 9.17) is 0 Å². The summed E-state index contributed by atoms with van der Waals surface area (Å²) in [5, 5.41) is 11.5. The van der Waals surface area contributed by atoms with Gasteiger partial charge < -0.3 is 5.32 Å². The van der Waals surface area contributed by atoms with E-state index in [9.17, 15) is 4.79 Å². The standard InChI is InChI=1S/C15H23N5O/c1-5-7-20-11(3)13(9-17-20)15(21)18-14(6-2)12-8-16-19(4)10-12/h8-10,14H,5-7H2,1-4H3,(H,18,21). The van der Waals surface area contributed by atoms with Gasteiger partial charge in [0.1, 0.15) is 0 Å². The van der Waals surface area contributed by atoms with Gasteiger partial charge in [-0.1, -0.05) is 13.8 Å². The number of aryl methyl sites for hydroxylation is 2. The molecule has 0 aliphatic heterocycles. The Labute approximate surface area is 125 Å². The average Bonchev–Trinajstić information content (AvgIpc) is 3.04. The molecule has 1 unspecified atom stereocenters. The van der Waals surface area contributed by atoms with Gasteiger partial charge in [-0.2, -0.15) is 10.2 Å². The van der Waals surface area contributed by atoms with Crippen LogP contribution in [0.3, 0.4) is 0 Å². The Balaban J connectivity index is 2.13. The van der Waals surface area contributed by atoms with Crippen molar-refractivity contribution in [2.24, 2.45) is 7.05 Å². The van der Waals surface area contributed by atoms with Gasteiger partial charge in [-0.3, -0.25) is 14.2 Å². The van der Waals surface area contributed by atoms with Crippen LogP contribution in [-0.4, -0.2) is 25.5 Å². The first-order valence-corrected chi connectivity index (χ1v) is 7.38. The lowest BCUT2D eigenvalue weighted by atomic mass is 10.1. The van der Waals surface area contributed by atoms with Crippen LogP contribution in [0, 0.1) is 6.92 Å². The molecule has 0 spiro atoms. The summed E-state index contributed by atoms with van der Waals surface area (Å²) in [6.07, 6.45) is 7.19. The Morgan fingerprint density at radius 1 is 1.33 bits per heavy atom. The zero-order valence-corrected chi connectivity index (χ0v) is 13.1. The van der Waals surface area contributed by atoms with Crippen molar-refractivity contribution in [1.29, 1.82) is 0 Å². The van der Waals surface area contributed by atoms with Crippen molar-refractivity contribution in [3.8, 4) is 0 Å². The highest BCUT2D eigenvalue weighted by Crippen LogP contribution is 2.17. The first-order chi connectivity index (χ1) is 10.1. The van der Waals surface area contributed by atoms with Crippen molar-refractivity contribution < 1.29 is 4.79 Å². The summed E-state index contributed by atoms with van der Waals surface area (Å²) < 4.78 is 3.62. The fraction of sp³-hybridized carbons (Fsp3) is 0.533. The van der Waals surface area contributed by atoms with E-state index >= 15 is 0 Å². The van der Waals surface area contributed by atoms with E-state index < -0.39 is 0 Å². The quantitative estimate of drug-likeness (QED) is 0.886. The molecule has 2 aromatic rings. The van der Waals surface area contributed by atoms with E-state index in [2.05, 4.69) is 22.4 Å². The topological polar surface area (TPSA) is 64.7 Å². The van der Waals surface area contributed by atoms with Gasteiger partial charge in [0.25, 0.3) is 5.91 Å². The molecule has 0 aliphatic rings. The maximum absolute atomic E-state index is 12.4. The van der Waals surface area contributed by atoms with E-state index in [1.807, 2.05) is 31.8 Å². The first kappa shape index (κ1) is 15.3. The fourth-order valence-electron chi connectivity index (χ4n) is 2.38. The van der Waals surface area contributed by atoms with E-state index in [-0.39, 0.29) is 11.9 Å². The van der Waals surface area contributed by atoms with Crippen LogP contribution >= 0.6 is 0 Å². The van der Waals surface area contributed by atoms with Gasteiger partial charge in [-0.25, -0.2) is 0 Å². The zero-order chi connectivity index (χ0) is 15.4. The summed E-state index contributed by atoms with van der Waals surface area (Å²) in [7, 11) is 1.87. The van der Waals surface area contributed by atoms with Crippen LogP contribution in [-0.2, 0) is 13.6 Å². The molecule has 6 nitrogen and oxygen atoms in total. The lowest BCUT2D eigenvalue weighted by Crippen LogP contribution is -2.28. The molecule has 2 rings (SSSR count). The number of carbonyl (C=O) groups is 1. The Morgan fingerprint density at radius 2 is 2.10 bits per heavy atom. The highest BCUT2D eigenvalue weighted by Gasteiger charge is 2.19. The average molecular weight is 289 g/mol. The minimum atomic E-state index is -0.0782. The zero-order valence-electron chi connectivity index (χ0n) is 13.1. The maximum atomic E-state index is 12.4. The molecule has 1 N–H and O–H groups in total. The van der Waals surface area contributed by atoms with Gasteiger partial charge in [-0.05, 0) is 19.8 Å². The third kappa shape index (κ3) is 3.32. The lowest BCUT2D eigenvalue weighted by Gasteiger charge is -2.15. The fourth-order valence-corrected chi connectivity index (χ4v) is 2.38. The lowest BCUT2D eigenvalue weighted by molar-refractivity contribution is 0.0935. The number of rotatable bonds is 6. The minimum absolute atomic E-state index is 0.0277. The summed E-state index contributed by atoms with van der Waals surface area (Å²) in [5.41, 5.74) is 2.58. The largest absolute Gasteiger partial charge is 0.345 e. The first-order valence-electron chi connectivity index (χ1n) is 7.38. The third-order valence-electron chi connectivity index (χ3n) is 3.62. The maximum Gasteiger partial charge on any atom is 0.255 e. The van der Waals surface area contributed by atoms with Gasteiger partial charge in [0, 0.05) is 31.0 Å². The van der Waals surface area contributed by atoms with Gasteiger partial charge in [-0.15, -0.1) is 0 Å². The van der Waals surface area contributed by atoms with Crippen LogP contribution in [0.25, 0.3) is 0 Å². The molecule has 2 heterocycles. The van der Waals surface area contributed by atoms with Gasteiger partial charge in [0.15, 0.2) is 0 Å². The van der Waals surface area contributed by atoms with Crippen LogP contribution in [0.2, 0.25) is 0 Å². The van der Waals surface area contributed by atoms with Crippen LogP contribution in [0.5, 0.6) is 0 Å². The molecule has 0 bridgehead atoms. The molecule has 0 saturated heterocycles. The molecule has 1 atom stereocenters. The van der Waals surface area contributed by atoms with Crippen LogP contribution in [0.15, 0.2) is 18.6 Å². The van der Waals surface area contributed by atoms with Crippen molar-refractivity contribution in [2.45, 2.75) is 46.2 Å². The van der Waals surface area contributed by atoms with Crippen LogP contribution in [0.1, 0.15) is 54.3 Å². The number of hydrogen-bond acceptors (Lipinski definition) is 3. The summed E-state index contributed by atoms with van der Waals surface area (Å²) in [4.78, 5) is 12.4. The smallest absolute Gasteiger partial charge is 0.255 e. The van der Waals surface area contributed by atoms with E-state index in [0.717, 1.165) is 30.6 Å². The van der Waals surface area contributed by atoms with E-state index in [1.54, 1.807) is 17.1 Å². The molecule has 21 heavy (non-hydrogen) atoms. The molecule has 114 valence electrons.